The average molecular weight is 1270 g/mol. The van der Waals surface area contributed by atoms with Crippen molar-refractivity contribution >= 4 is 115 Å². The smallest absolute Gasteiger partial charge is 0.413 e. The van der Waals surface area contributed by atoms with Crippen molar-refractivity contribution in [2.24, 2.45) is 11.8 Å². The first-order valence-electron chi connectivity index (χ1n) is 26.6. The van der Waals surface area contributed by atoms with E-state index in [9.17, 15) is 43.8 Å². The van der Waals surface area contributed by atoms with Gasteiger partial charge in [0.2, 0.25) is 11.8 Å². The molecule has 1 aliphatic carbocycles. The molecule has 442 valence electrons. The molecule has 1 aromatic carbocycles. The number of aliphatic hydroxyl groups excluding tert-OH is 1. The lowest BCUT2D eigenvalue weighted by molar-refractivity contribution is -0.143. The van der Waals surface area contributed by atoms with Gasteiger partial charge in [-0.05, 0) is 56.2 Å². The number of aryl methyl sites for hydroxylation is 1. The Kier molecular flexibility index (Phi) is 18.9. The van der Waals surface area contributed by atoms with Crippen molar-refractivity contribution in [2.75, 3.05) is 26.0 Å². The molecular weight excluding hydrogens is 1210 g/mol. The molecule has 24 nitrogen and oxygen atoms in total. The molecule has 10 bridgehead atoms. The van der Waals surface area contributed by atoms with Crippen LogP contribution in [-0.4, -0.2) is 114 Å². The number of benzene rings is 1. The monoisotopic (exact) mass is 1270 g/mol. The summed E-state index contributed by atoms with van der Waals surface area (Å²) in [5, 5.41) is 47.1. The number of nitrogens with zero attached hydrogens (tertiary/aromatic N) is 7. The molecule has 4 atom stereocenters. The fourth-order valence-corrected chi connectivity index (χ4v) is 14.9. The Labute approximate surface area is 509 Å². The first-order chi connectivity index (χ1) is 40.9. The van der Waals surface area contributed by atoms with Crippen molar-refractivity contribution < 1.29 is 53.2 Å². The number of aliphatic carboxylic acids is 1. The highest BCUT2D eigenvalue weighted by Crippen LogP contribution is 2.40. The molecule has 8 heterocycles. The van der Waals surface area contributed by atoms with Crippen molar-refractivity contribution in [1.82, 2.24) is 61.5 Å². The van der Waals surface area contributed by atoms with Crippen LogP contribution in [-0.2, 0) is 30.5 Å². The number of amides is 6. The number of carboxylic acid groups (broad SMARTS) is 1. The van der Waals surface area contributed by atoms with Crippen LogP contribution < -0.4 is 31.9 Å². The largest absolute Gasteiger partial charge is 0.481 e. The number of carbonyl (C=O) groups is 7. The van der Waals surface area contributed by atoms with Gasteiger partial charge in [0.05, 0.1) is 48.1 Å². The van der Waals surface area contributed by atoms with Gasteiger partial charge in [-0.3, -0.25) is 34.1 Å². The van der Waals surface area contributed by atoms with Crippen molar-refractivity contribution in [3.8, 4) is 43.4 Å². The molecule has 1 aliphatic heterocycles. The molecule has 1 fully saturated rings. The number of carboxylic acids is 1. The minimum Gasteiger partial charge on any atom is -0.481 e. The standard InChI is InChI=1S/C55H55N13O11S6/c1-24(2)39-53-68-42(35(85-53)19-78-5)46(73)57-18-38(70)65-43(44(71)26-9-7-6-8-10-26)52-62-34(22-82-52)50-60-32(20-81-50)41-29(15-16-30(58-41)49-63-36(23-83-49)64-55(77)79-28-13-11-27(12-14-28)54(75)76)48-61-33(21-80-48)45(72)59-31(17-37(69)56-4)51-67-40(25(3)84-51)47(74)66-39/h6-10,15-16,20-24,27-28,31,39,43-44,71H,11-14,17-19H2,1-5H3,(H,56,69)(H,57,73)(H,59,72)(H,64,77)(H,65,70)(H,66,74)(H,75,76)/t27-,28-,31-,39-,43-,44-/m0/s1. The van der Waals surface area contributed by atoms with Gasteiger partial charge in [0.1, 0.15) is 88.3 Å². The minimum atomic E-state index is -1.28. The first-order valence-corrected chi connectivity index (χ1v) is 31.7. The highest BCUT2D eigenvalue weighted by Gasteiger charge is 2.34. The van der Waals surface area contributed by atoms with E-state index in [1.165, 1.54) is 59.5 Å². The number of aliphatic hydroxyl groups is 1. The van der Waals surface area contributed by atoms with E-state index >= 15 is 0 Å². The molecule has 0 radical (unpaired) electrons. The van der Waals surface area contributed by atoms with Crippen LogP contribution >= 0.6 is 68.0 Å². The van der Waals surface area contributed by atoms with Crippen LogP contribution in [0.2, 0.25) is 0 Å². The van der Waals surface area contributed by atoms with Crippen LogP contribution in [0.15, 0.2) is 64.0 Å². The first kappa shape index (κ1) is 60.3. The molecule has 2 aliphatic rings. The molecule has 0 spiro atoms. The maximum Gasteiger partial charge on any atom is 0.413 e. The van der Waals surface area contributed by atoms with Crippen molar-refractivity contribution in [3.63, 3.8) is 0 Å². The zero-order valence-electron chi connectivity index (χ0n) is 46.0. The van der Waals surface area contributed by atoms with E-state index in [2.05, 4.69) is 46.9 Å². The Morgan fingerprint density at radius 1 is 0.694 bits per heavy atom. The molecule has 0 unspecified atom stereocenters. The SMILES string of the molecule is CNC(=O)C[C@@H]1NC(=O)c2csc(n2)-c2ccc(-c3nc(NC(=O)O[C@H]4CC[C@H](C(=O)O)CC4)cs3)nc2-c2csc(n2)-c2csc(n2)[C@H]([C@@H](O)c2ccccc2)NC(=O)CNC(=O)c2nc(sc2COC)[C@H](C(C)C)NC(=O)c2nc1sc2C. The van der Waals surface area contributed by atoms with Gasteiger partial charge in [0.25, 0.3) is 17.7 Å². The van der Waals surface area contributed by atoms with Crippen molar-refractivity contribution in [1.29, 1.82) is 0 Å². The van der Waals surface area contributed by atoms with E-state index < -0.39 is 84.4 Å². The third kappa shape index (κ3) is 14.0. The number of anilines is 1. The second-order valence-corrected chi connectivity index (χ2v) is 25.8. The summed E-state index contributed by atoms with van der Waals surface area (Å²) < 4.78 is 11.1. The van der Waals surface area contributed by atoms with E-state index in [0.29, 0.717) is 94.4 Å². The molecule has 8 N–H and O–H groups in total. The predicted octanol–water partition coefficient (Wildman–Crippen LogP) is 8.50. The maximum absolute atomic E-state index is 14.3. The third-order valence-corrected chi connectivity index (χ3v) is 19.5. The lowest BCUT2D eigenvalue weighted by atomic mass is 9.87. The molecule has 10 rings (SSSR count). The number of hydrogen-bond acceptors (Lipinski definition) is 23. The van der Waals surface area contributed by atoms with Gasteiger partial charge in [-0.25, -0.2) is 39.7 Å². The summed E-state index contributed by atoms with van der Waals surface area (Å²) in [4.78, 5) is 129. The topological polar surface area (TPSA) is 341 Å². The fraction of sp³-hybridized carbons (Fsp3) is 0.345. The molecule has 1 saturated carbocycles. The Balaban J connectivity index is 1.02. The zero-order valence-corrected chi connectivity index (χ0v) is 50.9. The number of hydrogen-bond donors (Lipinski definition) is 8. The number of pyridine rings is 1. The Hall–Kier alpha value is -7.84. The number of thiazole rings is 6. The quantitative estimate of drug-likeness (QED) is 0.0601. The van der Waals surface area contributed by atoms with Crippen molar-refractivity contribution in [2.45, 2.75) is 89.8 Å². The number of ether oxygens (including phenoxy) is 2. The summed E-state index contributed by atoms with van der Waals surface area (Å²) in [5.41, 5.74) is 2.60. The van der Waals surface area contributed by atoms with Gasteiger partial charge in [0, 0.05) is 46.1 Å². The lowest BCUT2D eigenvalue weighted by Gasteiger charge is -2.25. The Morgan fingerprint density at radius 2 is 1.40 bits per heavy atom. The molecule has 0 saturated heterocycles. The predicted molar refractivity (Wildman–Crippen MR) is 320 cm³/mol. The molecule has 8 aromatic rings. The van der Waals surface area contributed by atoms with E-state index in [0.717, 1.165) is 22.7 Å². The van der Waals surface area contributed by atoms with Gasteiger partial charge in [0.15, 0.2) is 0 Å². The van der Waals surface area contributed by atoms with Crippen LogP contribution in [0.5, 0.6) is 0 Å². The van der Waals surface area contributed by atoms with E-state index in [4.69, 9.17) is 29.4 Å². The van der Waals surface area contributed by atoms with Gasteiger partial charge in [-0.2, -0.15) is 0 Å². The molecule has 7 aromatic heterocycles. The van der Waals surface area contributed by atoms with Crippen LogP contribution in [0.3, 0.4) is 0 Å². The fourth-order valence-electron chi connectivity index (χ4n) is 9.35. The number of carbonyl (C=O) groups excluding carboxylic acids is 6. The normalized spacial score (nSPS) is 19.0. The van der Waals surface area contributed by atoms with Crippen LogP contribution in [0.1, 0.15) is 132 Å². The summed E-state index contributed by atoms with van der Waals surface area (Å²) in [6.07, 6.45) is -1.01. The van der Waals surface area contributed by atoms with Crippen LogP contribution in [0, 0.1) is 18.8 Å². The second kappa shape index (κ2) is 26.6. The van der Waals surface area contributed by atoms with Crippen LogP contribution in [0.4, 0.5) is 10.6 Å². The number of methoxy groups -OCH3 is 1. The zero-order chi connectivity index (χ0) is 60.1. The summed E-state index contributed by atoms with van der Waals surface area (Å²) in [5.74, 6) is -4.29. The summed E-state index contributed by atoms with van der Waals surface area (Å²) >= 11 is 7.11. The second-order valence-electron chi connectivity index (χ2n) is 20.0. The van der Waals surface area contributed by atoms with Crippen LogP contribution in [0.25, 0.3) is 43.4 Å². The Bertz CT molecular complexity index is 3790. The van der Waals surface area contributed by atoms with Gasteiger partial charge in [-0.1, -0.05) is 44.2 Å². The Morgan fingerprint density at radius 3 is 2.14 bits per heavy atom. The molecule has 6 amide bonds. The molecule has 30 heteroatoms. The molecular formula is C55H55N13O11S6. The number of fused-ring (bicyclic) bond motifs is 14. The van der Waals surface area contributed by atoms with E-state index in [1.54, 1.807) is 70.9 Å². The highest BCUT2D eigenvalue weighted by atomic mass is 32.1. The third-order valence-electron chi connectivity index (χ3n) is 13.8. The lowest BCUT2D eigenvalue weighted by Crippen LogP contribution is -2.40. The number of rotatable bonds is 11. The van der Waals surface area contributed by atoms with Gasteiger partial charge >= 0.3 is 12.1 Å². The van der Waals surface area contributed by atoms with Crippen molar-refractivity contribution in [3.05, 3.63) is 111 Å². The molecule has 85 heavy (non-hydrogen) atoms. The number of nitrogens with one attached hydrogen (secondary N) is 6. The maximum atomic E-state index is 14.3. The highest BCUT2D eigenvalue weighted by molar-refractivity contribution is 7.15. The summed E-state index contributed by atoms with van der Waals surface area (Å²) in [7, 11) is 2.93. The average Bonchev–Trinajstić information content (AvgIpc) is 4.56. The summed E-state index contributed by atoms with van der Waals surface area (Å²) in [6.45, 7) is 4.94. The van der Waals surface area contributed by atoms with E-state index in [1.807, 2.05) is 13.8 Å². The summed E-state index contributed by atoms with van der Waals surface area (Å²) in [6, 6.07) is 9.42. The van der Waals surface area contributed by atoms with Gasteiger partial charge < -0.3 is 46.3 Å². The number of aromatic nitrogens is 7. The van der Waals surface area contributed by atoms with Gasteiger partial charge in [-0.15, -0.1) is 68.0 Å². The minimum absolute atomic E-state index is 0.00207. The van der Waals surface area contributed by atoms with E-state index in [-0.39, 0.29) is 46.9 Å².